The molecule has 0 saturated carbocycles. The van der Waals surface area contributed by atoms with Crippen LogP contribution in [-0.4, -0.2) is 62.3 Å². The minimum absolute atomic E-state index is 0.155. The average Bonchev–Trinajstić information content (AvgIpc) is 2.50. The Labute approximate surface area is 142 Å². The molecule has 2 fully saturated rings. The van der Waals surface area contributed by atoms with E-state index in [4.69, 9.17) is 9.73 Å². The lowest BCUT2D eigenvalue weighted by Crippen LogP contribution is -2.53. The monoisotopic (exact) mass is 324 g/mol. The molecule has 2 heterocycles. The van der Waals surface area contributed by atoms with Crippen LogP contribution < -0.4 is 10.6 Å². The molecule has 0 aromatic heterocycles. The summed E-state index contributed by atoms with van der Waals surface area (Å²) in [5, 5.41) is 6.99. The van der Waals surface area contributed by atoms with Crippen LogP contribution in [0.4, 0.5) is 0 Å². The van der Waals surface area contributed by atoms with Crippen molar-refractivity contribution in [2.75, 3.05) is 45.9 Å². The van der Waals surface area contributed by atoms with Gasteiger partial charge in [0.25, 0.3) is 0 Å². The zero-order valence-corrected chi connectivity index (χ0v) is 15.6. The summed E-state index contributed by atoms with van der Waals surface area (Å²) in [5.74, 6) is 1.08. The number of piperidine rings is 1. The maximum absolute atomic E-state index is 5.79. The highest BCUT2D eigenvalue weighted by Crippen LogP contribution is 2.37. The Morgan fingerprint density at radius 2 is 2.04 bits per heavy atom. The van der Waals surface area contributed by atoms with Crippen molar-refractivity contribution in [1.29, 1.82) is 0 Å². The third-order valence-electron chi connectivity index (χ3n) is 4.73. The highest BCUT2D eigenvalue weighted by atomic mass is 16.5. The van der Waals surface area contributed by atoms with Gasteiger partial charge in [-0.3, -0.25) is 4.99 Å². The molecular weight excluding hydrogens is 288 g/mol. The summed E-state index contributed by atoms with van der Waals surface area (Å²) in [4.78, 5) is 7.30. The molecule has 1 unspecified atom stereocenters. The van der Waals surface area contributed by atoms with Crippen LogP contribution in [0.1, 0.15) is 53.4 Å². The van der Waals surface area contributed by atoms with E-state index in [-0.39, 0.29) is 5.54 Å². The van der Waals surface area contributed by atoms with Crippen molar-refractivity contribution in [2.24, 2.45) is 10.4 Å². The summed E-state index contributed by atoms with van der Waals surface area (Å²) in [6.07, 6.45) is 5.05. The lowest BCUT2D eigenvalue weighted by Gasteiger charge is -2.45. The van der Waals surface area contributed by atoms with Crippen molar-refractivity contribution in [3.05, 3.63) is 0 Å². The summed E-state index contributed by atoms with van der Waals surface area (Å²) in [6, 6.07) is 0. The van der Waals surface area contributed by atoms with E-state index in [2.05, 4.69) is 43.2 Å². The van der Waals surface area contributed by atoms with E-state index in [1.54, 1.807) is 0 Å². The van der Waals surface area contributed by atoms with Gasteiger partial charge in [-0.2, -0.15) is 0 Å². The molecular formula is C18H36N4O. The van der Waals surface area contributed by atoms with Gasteiger partial charge in [0.15, 0.2) is 5.96 Å². The molecule has 0 bridgehead atoms. The van der Waals surface area contributed by atoms with Crippen molar-refractivity contribution in [2.45, 2.75) is 58.9 Å². The smallest absolute Gasteiger partial charge is 0.193 e. The normalized spacial score (nSPS) is 26.6. The van der Waals surface area contributed by atoms with Crippen molar-refractivity contribution in [3.63, 3.8) is 0 Å². The predicted molar refractivity (Wildman–Crippen MR) is 97.0 cm³/mol. The Kier molecular flexibility index (Phi) is 6.72. The fourth-order valence-electron chi connectivity index (χ4n) is 3.64. The molecule has 0 aromatic carbocycles. The number of nitrogens with zero attached hydrogens (tertiary/aromatic N) is 2. The van der Waals surface area contributed by atoms with Gasteiger partial charge in [-0.05, 0) is 53.4 Å². The lowest BCUT2D eigenvalue weighted by atomic mass is 9.76. The number of nitrogens with one attached hydrogen (secondary N) is 2. The lowest BCUT2D eigenvalue weighted by molar-refractivity contribution is -0.0370. The minimum Gasteiger partial charge on any atom is -0.381 e. The third-order valence-corrected chi connectivity index (χ3v) is 4.73. The molecule has 0 aromatic rings. The first-order valence-electron chi connectivity index (χ1n) is 9.30. The van der Waals surface area contributed by atoms with Crippen LogP contribution in [0.5, 0.6) is 0 Å². The molecule has 23 heavy (non-hydrogen) atoms. The van der Waals surface area contributed by atoms with Gasteiger partial charge in [-0.25, -0.2) is 0 Å². The van der Waals surface area contributed by atoms with Gasteiger partial charge in [0.2, 0.25) is 0 Å². The molecule has 2 saturated heterocycles. The highest BCUT2D eigenvalue weighted by molar-refractivity contribution is 5.80. The van der Waals surface area contributed by atoms with Crippen LogP contribution in [-0.2, 0) is 4.74 Å². The van der Waals surface area contributed by atoms with Crippen LogP contribution >= 0.6 is 0 Å². The predicted octanol–water partition coefficient (Wildman–Crippen LogP) is 2.23. The number of hydrogen-bond donors (Lipinski definition) is 2. The molecule has 2 aliphatic heterocycles. The SMILES string of the molecule is CCNC(=NCCNC(C)(C)C)N1CCCC2(CCCOC2)C1. The molecule has 2 N–H and O–H groups in total. The molecule has 0 aliphatic carbocycles. The van der Waals surface area contributed by atoms with E-state index in [1.165, 1.54) is 25.7 Å². The maximum atomic E-state index is 5.79. The molecule has 5 heteroatoms. The summed E-state index contributed by atoms with van der Waals surface area (Å²) in [6.45, 7) is 15.4. The Morgan fingerprint density at radius 3 is 2.70 bits per heavy atom. The second-order valence-corrected chi connectivity index (χ2v) is 8.09. The zero-order valence-electron chi connectivity index (χ0n) is 15.6. The average molecular weight is 325 g/mol. The molecule has 1 spiro atoms. The fourth-order valence-corrected chi connectivity index (χ4v) is 3.64. The van der Waals surface area contributed by atoms with Crippen LogP contribution in [0.2, 0.25) is 0 Å². The van der Waals surface area contributed by atoms with Crippen molar-refractivity contribution in [1.82, 2.24) is 15.5 Å². The first kappa shape index (κ1) is 18.5. The summed E-state index contributed by atoms with van der Waals surface area (Å²) in [7, 11) is 0. The minimum atomic E-state index is 0.155. The first-order valence-corrected chi connectivity index (χ1v) is 9.30. The molecule has 0 radical (unpaired) electrons. The summed E-state index contributed by atoms with van der Waals surface area (Å²) in [5.41, 5.74) is 0.513. The van der Waals surface area contributed by atoms with E-state index >= 15 is 0 Å². The van der Waals surface area contributed by atoms with E-state index in [9.17, 15) is 0 Å². The molecule has 5 nitrogen and oxygen atoms in total. The van der Waals surface area contributed by atoms with Gasteiger partial charge in [-0.1, -0.05) is 0 Å². The van der Waals surface area contributed by atoms with Crippen molar-refractivity contribution < 1.29 is 4.74 Å². The van der Waals surface area contributed by atoms with Crippen LogP contribution in [0.25, 0.3) is 0 Å². The molecule has 134 valence electrons. The Balaban J connectivity index is 1.93. The number of guanidine groups is 1. The molecule has 2 rings (SSSR count). The number of likely N-dealkylation sites (tertiary alicyclic amines) is 1. The van der Waals surface area contributed by atoms with Crippen LogP contribution in [0.15, 0.2) is 4.99 Å². The summed E-state index contributed by atoms with van der Waals surface area (Å²) >= 11 is 0. The number of rotatable bonds is 4. The van der Waals surface area contributed by atoms with Gasteiger partial charge in [0, 0.05) is 43.7 Å². The number of hydrogen-bond acceptors (Lipinski definition) is 3. The number of aliphatic imine (C=N–C) groups is 1. The standard InChI is InChI=1S/C18H36N4O/c1-5-19-16(20-10-11-21-17(2,3)4)22-12-6-8-18(14-22)9-7-13-23-15-18/h21H,5-15H2,1-4H3,(H,19,20). The third kappa shape index (κ3) is 5.96. The van der Waals surface area contributed by atoms with Gasteiger partial charge >= 0.3 is 0 Å². The highest BCUT2D eigenvalue weighted by Gasteiger charge is 2.38. The summed E-state index contributed by atoms with van der Waals surface area (Å²) < 4.78 is 5.79. The Bertz CT molecular complexity index is 377. The fraction of sp³-hybridized carbons (Fsp3) is 0.944. The first-order chi connectivity index (χ1) is 10.9. The van der Waals surface area contributed by atoms with Crippen LogP contribution in [0.3, 0.4) is 0 Å². The Hall–Kier alpha value is -0.810. The van der Waals surface area contributed by atoms with Crippen molar-refractivity contribution >= 4 is 5.96 Å². The molecule has 2 aliphatic rings. The quantitative estimate of drug-likeness (QED) is 0.473. The van der Waals surface area contributed by atoms with Crippen molar-refractivity contribution in [3.8, 4) is 0 Å². The van der Waals surface area contributed by atoms with Gasteiger partial charge in [-0.15, -0.1) is 0 Å². The van der Waals surface area contributed by atoms with E-state index < -0.39 is 0 Å². The zero-order chi connectivity index (χ0) is 16.8. The van der Waals surface area contributed by atoms with Gasteiger partial charge in [0.05, 0.1) is 13.2 Å². The Morgan fingerprint density at radius 1 is 1.26 bits per heavy atom. The largest absolute Gasteiger partial charge is 0.381 e. The maximum Gasteiger partial charge on any atom is 0.193 e. The van der Waals surface area contributed by atoms with Gasteiger partial charge < -0.3 is 20.3 Å². The van der Waals surface area contributed by atoms with Gasteiger partial charge in [0.1, 0.15) is 0 Å². The van der Waals surface area contributed by atoms with E-state index in [0.717, 1.165) is 51.9 Å². The van der Waals surface area contributed by atoms with E-state index in [0.29, 0.717) is 5.41 Å². The molecule has 0 amide bonds. The molecule has 1 atom stereocenters. The van der Waals surface area contributed by atoms with E-state index in [1.807, 2.05) is 0 Å². The topological polar surface area (TPSA) is 48.9 Å². The second-order valence-electron chi connectivity index (χ2n) is 8.09. The number of ether oxygens (including phenoxy) is 1. The second kappa shape index (κ2) is 8.34. The van der Waals surface area contributed by atoms with Crippen LogP contribution in [0, 0.1) is 5.41 Å².